The number of ether oxygens (including phenoxy) is 1. The Labute approximate surface area is 170 Å². The van der Waals surface area contributed by atoms with E-state index in [0.29, 0.717) is 22.4 Å². The number of hydrogen-bond donors (Lipinski definition) is 4. The summed E-state index contributed by atoms with van der Waals surface area (Å²) in [7, 11) is 1.37. The number of methoxy groups -OCH3 is 1. The summed E-state index contributed by atoms with van der Waals surface area (Å²) >= 11 is 5.68. The zero-order valence-electron chi connectivity index (χ0n) is 17.1. The van der Waals surface area contributed by atoms with Gasteiger partial charge in [0.05, 0.1) is 12.7 Å². The Morgan fingerprint density at radius 2 is 1.61 bits per heavy atom. The van der Waals surface area contributed by atoms with Crippen molar-refractivity contribution in [3.8, 4) is 0 Å². The molecular weight excluding hydrogens is 388 g/mol. The topological polar surface area (TPSA) is 125 Å². The molecule has 0 aliphatic rings. The third-order valence-electron chi connectivity index (χ3n) is 3.92. The SMILES string of the molecule is CC.COCC(=O)Nc1c(C)c(C(=O)Cl)c(C)c(C(=O)NCC(O)CO)c1C. The van der Waals surface area contributed by atoms with Gasteiger partial charge in [0.15, 0.2) is 0 Å². The fourth-order valence-electron chi connectivity index (χ4n) is 2.71. The number of aliphatic hydroxyl groups is 2. The summed E-state index contributed by atoms with van der Waals surface area (Å²) < 4.78 is 4.78. The largest absolute Gasteiger partial charge is 0.394 e. The molecule has 0 spiro atoms. The van der Waals surface area contributed by atoms with Crippen molar-refractivity contribution >= 4 is 34.3 Å². The van der Waals surface area contributed by atoms with Crippen molar-refractivity contribution < 1.29 is 29.3 Å². The summed E-state index contributed by atoms with van der Waals surface area (Å²) in [6.45, 7) is 7.96. The third-order valence-corrected chi connectivity index (χ3v) is 4.11. The fraction of sp³-hybridized carbons (Fsp3) is 0.526. The Balaban J connectivity index is 0.00000352. The highest BCUT2D eigenvalue weighted by molar-refractivity contribution is 6.68. The van der Waals surface area contributed by atoms with Crippen LogP contribution in [0.2, 0.25) is 0 Å². The summed E-state index contributed by atoms with van der Waals surface area (Å²) in [5.74, 6) is -1.01. The summed E-state index contributed by atoms with van der Waals surface area (Å²) in [5, 5.41) is 22.6. The number of carbonyl (C=O) groups excluding carboxylic acids is 3. The van der Waals surface area contributed by atoms with Crippen molar-refractivity contribution in [1.29, 1.82) is 0 Å². The smallest absolute Gasteiger partial charge is 0.253 e. The van der Waals surface area contributed by atoms with Crippen molar-refractivity contribution in [3.05, 3.63) is 27.8 Å². The number of halogens is 1. The lowest BCUT2D eigenvalue weighted by atomic mass is 9.91. The monoisotopic (exact) mass is 416 g/mol. The predicted molar refractivity (Wildman–Crippen MR) is 108 cm³/mol. The fourth-order valence-corrected chi connectivity index (χ4v) is 3.00. The first-order valence-corrected chi connectivity index (χ1v) is 9.22. The van der Waals surface area contributed by atoms with Crippen LogP contribution in [-0.4, -0.2) is 60.2 Å². The lowest BCUT2D eigenvalue weighted by Gasteiger charge is -2.21. The number of carbonyl (C=O) groups is 3. The summed E-state index contributed by atoms with van der Waals surface area (Å²) in [6.07, 6.45) is -1.11. The van der Waals surface area contributed by atoms with Gasteiger partial charge in [-0.2, -0.15) is 0 Å². The van der Waals surface area contributed by atoms with E-state index < -0.39 is 29.8 Å². The van der Waals surface area contributed by atoms with Crippen LogP contribution in [0.5, 0.6) is 0 Å². The van der Waals surface area contributed by atoms with Crippen molar-refractivity contribution in [3.63, 3.8) is 0 Å². The number of hydrogen-bond acceptors (Lipinski definition) is 6. The molecule has 1 aromatic rings. The van der Waals surface area contributed by atoms with Crippen LogP contribution in [0.15, 0.2) is 0 Å². The van der Waals surface area contributed by atoms with E-state index in [1.54, 1.807) is 20.8 Å². The minimum absolute atomic E-state index is 0.123. The molecule has 0 aliphatic heterocycles. The van der Waals surface area contributed by atoms with Gasteiger partial charge in [-0.05, 0) is 49.1 Å². The predicted octanol–water partition coefficient (Wildman–Crippen LogP) is 1.68. The van der Waals surface area contributed by atoms with E-state index >= 15 is 0 Å². The van der Waals surface area contributed by atoms with E-state index in [1.165, 1.54) is 7.11 Å². The van der Waals surface area contributed by atoms with Gasteiger partial charge in [0, 0.05) is 30.5 Å². The molecule has 1 aromatic carbocycles. The van der Waals surface area contributed by atoms with E-state index in [1.807, 2.05) is 13.8 Å². The van der Waals surface area contributed by atoms with Gasteiger partial charge in [0.25, 0.3) is 11.1 Å². The van der Waals surface area contributed by atoms with Gasteiger partial charge in [0.1, 0.15) is 6.61 Å². The zero-order valence-corrected chi connectivity index (χ0v) is 17.9. The zero-order chi connectivity index (χ0) is 22.0. The molecule has 0 radical (unpaired) electrons. The summed E-state index contributed by atoms with van der Waals surface area (Å²) in [6, 6.07) is 0. The molecule has 0 fully saturated rings. The van der Waals surface area contributed by atoms with Gasteiger partial charge in [-0.25, -0.2) is 0 Å². The van der Waals surface area contributed by atoms with E-state index in [0.717, 1.165) is 0 Å². The maximum Gasteiger partial charge on any atom is 0.253 e. The Morgan fingerprint density at radius 1 is 1.07 bits per heavy atom. The number of nitrogens with one attached hydrogen (secondary N) is 2. The van der Waals surface area contributed by atoms with Crippen LogP contribution < -0.4 is 10.6 Å². The van der Waals surface area contributed by atoms with Crippen molar-refractivity contribution in [1.82, 2.24) is 5.32 Å². The highest BCUT2D eigenvalue weighted by Crippen LogP contribution is 2.32. The van der Waals surface area contributed by atoms with Gasteiger partial charge in [-0.1, -0.05) is 13.8 Å². The molecule has 0 saturated carbocycles. The van der Waals surface area contributed by atoms with Gasteiger partial charge >= 0.3 is 0 Å². The number of rotatable bonds is 8. The van der Waals surface area contributed by atoms with Crippen molar-refractivity contribution in [2.24, 2.45) is 0 Å². The van der Waals surface area contributed by atoms with Gasteiger partial charge in [0.2, 0.25) is 5.91 Å². The first kappa shape index (κ1) is 26.0. The Morgan fingerprint density at radius 3 is 2.07 bits per heavy atom. The number of aliphatic hydroxyl groups excluding tert-OH is 2. The van der Waals surface area contributed by atoms with Crippen LogP contribution in [-0.2, 0) is 9.53 Å². The second-order valence-electron chi connectivity index (χ2n) is 5.80. The van der Waals surface area contributed by atoms with E-state index in [4.69, 9.17) is 21.4 Å². The quantitative estimate of drug-likeness (QED) is 0.478. The summed E-state index contributed by atoms with van der Waals surface area (Å²) in [4.78, 5) is 36.3. The lowest BCUT2D eigenvalue weighted by Crippen LogP contribution is -2.35. The molecule has 0 saturated heterocycles. The molecule has 9 heteroatoms. The molecule has 1 unspecified atom stereocenters. The second-order valence-corrected chi connectivity index (χ2v) is 6.14. The molecule has 0 aliphatic carbocycles. The third kappa shape index (κ3) is 6.56. The number of amides is 2. The molecule has 28 heavy (non-hydrogen) atoms. The molecule has 0 aromatic heterocycles. The van der Waals surface area contributed by atoms with Crippen molar-refractivity contribution in [2.75, 3.05) is 32.2 Å². The van der Waals surface area contributed by atoms with E-state index in [-0.39, 0.29) is 24.3 Å². The average Bonchev–Trinajstić information content (AvgIpc) is 2.64. The standard InChI is InChI=1S/C17H23ClN2O6.C2H6/c1-8-13(16(18)24)9(2)15(20-12(23)7-26-4)10(3)14(8)17(25)19-5-11(22)6-21;1-2/h11,21-22H,5-7H2,1-4H3,(H,19,25)(H,20,23);1-2H3. The molecule has 2 amide bonds. The van der Waals surface area contributed by atoms with Crippen LogP contribution in [0.1, 0.15) is 51.3 Å². The van der Waals surface area contributed by atoms with Gasteiger partial charge < -0.3 is 25.6 Å². The van der Waals surface area contributed by atoms with Gasteiger partial charge in [-0.15, -0.1) is 0 Å². The minimum Gasteiger partial charge on any atom is -0.394 e. The van der Waals surface area contributed by atoms with Crippen LogP contribution in [0.25, 0.3) is 0 Å². The molecule has 0 bridgehead atoms. The normalized spacial score (nSPS) is 11.2. The molecule has 4 N–H and O–H groups in total. The minimum atomic E-state index is -1.11. The maximum atomic E-state index is 12.6. The van der Waals surface area contributed by atoms with Crippen LogP contribution in [0, 0.1) is 20.8 Å². The Kier molecular flexibility index (Phi) is 11.6. The highest BCUT2D eigenvalue weighted by atomic mass is 35.5. The Hall–Kier alpha value is -2.00. The van der Waals surface area contributed by atoms with Crippen LogP contribution >= 0.6 is 11.6 Å². The van der Waals surface area contributed by atoms with Crippen LogP contribution in [0.3, 0.4) is 0 Å². The average molecular weight is 417 g/mol. The molecule has 158 valence electrons. The first-order valence-electron chi connectivity index (χ1n) is 8.85. The van der Waals surface area contributed by atoms with Gasteiger partial charge in [-0.3, -0.25) is 14.4 Å². The molecular formula is C19H29ClN2O6. The number of anilines is 1. The highest BCUT2D eigenvalue weighted by Gasteiger charge is 2.25. The molecule has 1 rings (SSSR count). The van der Waals surface area contributed by atoms with E-state index in [9.17, 15) is 19.5 Å². The lowest BCUT2D eigenvalue weighted by molar-refractivity contribution is -0.119. The van der Waals surface area contributed by atoms with Crippen LogP contribution in [0.4, 0.5) is 5.69 Å². The maximum absolute atomic E-state index is 12.6. The molecule has 0 heterocycles. The first-order chi connectivity index (χ1) is 13.1. The second kappa shape index (κ2) is 12.5. The van der Waals surface area contributed by atoms with Crippen molar-refractivity contribution in [2.45, 2.75) is 40.7 Å². The summed E-state index contributed by atoms with van der Waals surface area (Å²) in [5.41, 5.74) is 1.84. The Bertz CT molecular complexity index is 721. The molecule has 8 nitrogen and oxygen atoms in total. The molecule has 1 atom stereocenters. The van der Waals surface area contributed by atoms with E-state index in [2.05, 4.69) is 10.6 Å². The number of benzene rings is 1.